The number of imidazole rings is 1. The topological polar surface area (TPSA) is 98.1 Å². The Hall–Kier alpha value is -2.20. The molecule has 1 saturated heterocycles. The molecule has 3 heterocycles. The van der Waals surface area contributed by atoms with Gasteiger partial charge in [-0.1, -0.05) is 17.4 Å². The Morgan fingerprint density at radius 3 is 2.60 bits per heavy atom. The number of hydrogen-bond donors (Lipinski definition) is 2. The summed E-state index contributed by atoms with van der Waals surface area (Å²) in [5, 5.41) is 16.1. The van der Waals surface area contributed by atoms with Gasteiger partial charge in [-0.25, -0.2) is 9.50 Å². The fourth-order valence-electron chi connectivity index (χ4n) is 4.22. The zero-order chi connectivity index (χ0) is 20.9. The summed E-state index contributed by atoms with van der Waals surface area (Å²) >= 11 is 1.55. The molecule has 3 aromatic rings. The van der Waals surface area contributed by atoms with Gasteiger partial charge < -0.3 is 25.2 Å². The number of aromatic nitrogens is 3. The largest absolute Gasteiger partial charge is 0.496 e. The normalized spacial score (nSPS) is 19.9. The maximum absolute atomic E-state index is 10.4. The van der Waals surface area contributed by atoms with Gasteiger partial charge in [0.15, 0.2) is 0 Å². The molecule has 0 spiro atoms. The fourth-order valence-corrected chi connectivity index (χ4v) is 5.15. The summed E-state index contributed by atoms with van der Waals surface area (Å²) in [5.74, 6) is 0.790. The van der Waals surface area contributed by atoms with Crippen molar-refractivity contribution in [2.24, 2.45) is 5.73 Å². The van der Waals surface area contributed by atoms with Crippen molar-refractivity contribution < 1.29 is 14.6 Å². The molecule has 8 nitrogen and oxygen atoms in total. The number of methoxy groups -OCH3 is 2. The summed E-state index contributed by atoms with van der Waals surface area (Å²) in [6.07, 6.45) is 5.21. The van der Waals surface area contributed by atoms with Gasteiger partial charge in [0.2, 0.25) is 10.1 Å². The van der Waals surface area contributed by atoms with Crippen LogP contribution in [0.2, 0.25) is 0 Å². The Morgan fingerprint density at radius 1 is 1.20 bits per heavy atom. The molecule has 9 heteroatoms. The smallest absolute Gasteiger partial charge is 0.214 e. The predicted molar refractivity (Wildman–Crippen MR) is 116 cm³/mol. The average Bonchev–Trinajstić information content (AvgIpc) is 3.32. The van der Waals surface area contributed by atoms with Gasteiger partial charge in [0.25, 0.3) is 0 Å². The van der Waals surface area contributed by atoms with E-state index in [9.17, 15) is 5.11 Å². The number of nitrogens with zero attached hydrogens (tertiary/aromatic N) is 4. The van der Waals surface area contributed by atoms with E-state index in [0.717, 1.165) is 58.6 Å². The number of rotatable bonds is 6. The monoisotopic (exact) mass is 429 g/mol. The standard InChI is InChI=1S/C21H27N5O3S/c1-28-17-11-14(21(29-2)5-6-21)3-4-15(17)16-12-23-18-26(16)24-19(30-18)25-9-7-20(27,13-22)8-10-25/h3-4,11-12,27H,5-10,13,22H2,1-2H3. The van der Waals surface area contributed by atoms with Gasteiger partial charge in [0, 0.05) is 32.3 Å². The molecule has 0 atom stereocenters. The first-order valence-corrected chi connectivity index (χ1v) is 11.1. The Labute approximate surface area is 179 Å². The van der Waals surface area contributed by atoms with Crippen LogP contribution in [-0.2, 0) is 10.3 Å². The van der Waals surface area contributed by atoms with Crippen molar-refractivity contribution in [2.75, 3.05) is 38.8 Å². The molecule has 30 heavy (non-hydrogen) atoms. The van der Waals surface area contributed by atoms with Crippen LogP contribution in [0.1, 0.15) is 31.2 Å². The van der Waals surface area contributed by atoms with Crippen LogP contribution in [0.3, 0.4) is 0 Å². The summed E-state index contributed by atoms with van der Waals surface area (Å²) in [4.78, 5) is 7.61. The SMILES string of the molecule is COc1cc(C2(OC)CC2)ccc1-c1cnc2sc(N3CCC(O)(CN)CC3)nn12. The maximum Gasteiger partial charge on any atom is 0.214 e. The van der Waals surface area contributed by atoms with E-state index >= 15 is 0 Å². The zero-order valence-corrected chi connectivity index (χ0v) is 18.1. The third kappa shape index (κ3) is 3.17. The lowest BCUT2D eigenvalue weighted by Gasteiger charge is -2.37. The Balaban J connectivity index is 1.46. The van der Waals surface area contributed by atoms with Crippen LogP contribution < -0.4 is 15.4 Å². The molecule has 160 valence electrons. The van der Waals surface area contributed by atoms with Crippen molar-refractivity contribution in [3.8, 4) is 17.0 Å². The Kier molecular flexibility index (Phi) is 4.73. The van der Waals surface area contributed by atoms with E-state index in [0.29, 0.717) is 19.4 Å². The zero-order valence-electron chi connectivity index (χ0n) is 17.3. The Morgan fingerprint density at radius 2 is 1.97 bits per heavy atom. The average molecular weight is 430 g/mol. The van der Waals surface area contributed by atoms with Crippen molar-refractivity contribution in [3.05, 3.63) is 30.0 Å². The molecule has 0 bridgehead atoms. The number of fused-ring (bicyclic) bond motifs is 1. The third-order valence-corrected chi connectivity index (χ3v) is 7.50. The summed E-state index contributed by atoms with van der Waals surface area (Å²) in [7, 11) is 3.45. The van der Waals surface area contributed by atoms with Crippen LogP contribution in [0.5, 0.6) is 5.75 Å². The number of piperidine rings is 1. The highest BCUT2D eigenvalue weighted by atomic mass is 32.1. The molecule has 2 aromatic heterocycles. The first-order valence-electron chi connectivity index (χ1n) is 10.3. The van der Waals surface area contributed by atoms with Crippen molar-refractivity contribution in [3.63, 3.8) is 0 Å². The fraction of sp³-hybridized carbons (Fsp3) is 0.524. The van der Waals surface area contributed by atoms with E-state index in [1.165, 1.54) is 0 Å². The lowest BCUT2D eigenvalue weighted by molar-refractivity contribution is 0.0249. The molecular weight excluding hydrogens is 402 g/mol. The van der Waals surface area contributed by atoms with Crippen molar-refractivity contribution in [2.45, 2.75) is 36.9 Å². The van der Waals surface area contributed by atoms with Gasteiger partial charge >= 0.3 is 0 Å². The van der Waals surface area contributed by atoms with Crippen LogP contribution in [0.25, 0.3) is 16.2 Å². The number of ether oxygens (including phenoxy) is 2. The van der Waals surface area contributed by atoms with Gasteiger partial charge in [-0.2, -0.15) is 0 Å². The number of anilines is 1. The van der Waals surface area contributed by atoms with Crippen molar-refractivity contribution >= 4 is 21.4 Å². The van der Waals surface area contributed by atoms with Crippen molar-refractivity contribution in [1.82, 2.24) is 14.6 Å². The molecule has 1 aliphatic carbocycles. The summed E-state index contributed by atoms with van der Waals surface area (Å²) in [6.45, 7) is 1.76. The van der Waals surface area contributed by atoms with Crippen LogP contribution in [0.4, 0.5) is 5.13 Å². The van der Waals surface area contributed by atoms with E-state index in [1.807, 2.05) is 10.7 Å². The third-order valence-electron chi connectivity index (χ3n) is 6.52. The van der Waals surface area contributed by atoms with Crippen LogP contribution in [0.15, 0.2) is 24.4 Å². The molecule has 2 fully saturated rings. The minimum Gasteiger partial charge on any atom is -0.496 e. The molecular formula is C21H27N5O3S. The minimum absolute atomic E-state index is 0.161. The molecule has 1 aromatic carbocycles. The summed E-state index contributed by atoms with van der Waals surface area (Å²) < 4.78 is 13.3. The van der Waals surface area contributed by atoms with E-state index in [-0.39, 0.29) is 5.60 Å². The second-order valence-electron chi connectivity index (χ2n) is 8.25. The lowest BCUT2D eigenvalue weighted by atomic mass is 9.92. The first-order chi connectivity index (χ1) is 14.5. The highest BCUT2D eigenvalue weighted by Gasteiger charge is 2.45. The molecule has 0 amide bonds. The van der Waals surface area contributed by atoms with Crippen LogP contribution in [-0.4, -0.2) is 59.2 Å². The van der Waals surface area contributed by atoms with E-state index in [4.69, 9.17) is 20.3 Å². The Bertz CT molecular complexity index is 1070. The number of aliphatic hydroxyl groups is 1. The van der Waals surface area contributed by atoms with Gasteiger partial charge in [-0.05, 0) is 43.4 Å². The maximum atomic E-state index is 10.4. The second kappa shape index (κ2) is 7.19. The van der Waals surface area contributed by atoms with E-state index in [2.05, 4.69) is 28.1 Å². The number of hydrogen-bond acceptors (Lipinski definition) is 8. The number of nitrogens with two attached hydrogens (primary N) is 1. The first kappa shape index (κ1) is 19.7. The summed E-state index contributed by atoms with van der Waals surface area (Å²) in [5.41, 5.74) is 7.79. The molecule has 0 radical (unpaired) electrons. The van der Waals surface area contributed by atoms with E-state index < -0.39 is 5.60 Å². The van der Waals surface area contributed by atoms with Gasteiger partial charge in [-0.15, -0.1) is 5.10 Å². The molecule has 1 aliphatic heterocycles. The second-order valence-corrected chi connectivity index (χ2v) is 9.19. The number of benzene rings is 1. The predicted octanol–water partition coefficient (Wildman–Crippen LogP) is 2.39. The quantitative estimate of drug-likeness (QED) is 0.621. The molecule has 2 aliphatic rings. The van der Waals surface area contributed by atoms with Crippen molar-refractivity contribution in [1.29, 1.82) is 0 Å². The minimum atomic E-state index is -0.755. The lowest BCUT2D eigenvalue weighted by Crippen LogP contribution is -2.48. The molecule has 5 rings (SSSR count). The highest BCUT2D eigenvalue weighted by Crippen LogP contribution is 2.50. The summed E-state index contributed by atoms with van der Waals surface area (Å²) in [6, 6.07) is 6.24. The van der Waals surface area contributed by atoms with Gasteiger partial charge in [0.05, 0.1) is 30.2 Å². The molecule has 1 saturated carbocycles. The van der Waals surface area contributed by atoms with Gasteiger partial charge in [-0.3, -0.25) is 0 Å². The van der Waals surface area contributed by atoms with Crippen LogP contribution >= 0.6 is 11.3 Å². The highest BCUT2D eigenvalue weighted by molar-refractivity contribution is 7.20. The molecule has 0 unspecified atom stereocenters. The van der Waals surface area contributed by atoms with E-state index in [1.54, 1.807) is 25.6 Å². The molecule has 3 N–H and O–H groups in total. The van der Waals surface area contributed by atoms with Crippen LogP contribution in [0, 0.1) is 0 Å². The van der Waals surface area contributed by atoms with Gasteiger partial charge in [0.1, 0.15) is 5.75 Å².